The van der Waals surface area contributed by atoms with Crippen LogP contribution in [0, 0.1) is 6.92 Å². The highest BCUT2D eigenvalue weighted by molar-refractivity contribution is 5.97. The summed E-state index contributed by atoms with van der Waals surface area (Å²) in [5.74, 6) is 0.478. The summed E-state index contributed by atoms with van der Waals surface area (Å²) in [5, 5.41) is 2.93. The molecule has 1 rings (SSSR count). The van der Waals surface area contributed by atoms with E-state index in [0.29, 0.717) is 31.2 Å². The summed E-state index contributed by atoms with van der Waals surface area (Å²) < 4.78 is 11.3. The second-order valence-corrected chi connectivity index (χ2v) is 5.92. The summed E-state index contributed by atoms with van der Waals surface area (Å²) in [6.07, 6.45) is 5.20. The van der Waals surface area contributed by atoms with Gasteiger partial charge in [0.1, 0.15) is 5.60 Å². The van der Waals surface area contributed by atoms with Gasteiger partial charge in [0, 0.05) is 12.2 Å². The van der Waals surface area contributed by atoms with E-state index in [1.165, 1.54) is 0 Å². The molecule has 1 aromatic heterocycles. The molecule has 0 saturated heterocycles. The van der Waals surface area contributed by atoms with Crippen LogP contribution in [0.3, 0.4) is 0 Å². The molecule has 0 spiro atoms. The number of ether oxygens (including phenoxy) is 2. The monoisotopic (exact) mass is 322 g/mol. The van der Waals surface area contributed by atoms with Gasteiger partial charge in [0.15, 0.2) is 0 Å². The lowest BCUT2D eigenvalue weighted by atomic mass is 9.97. The first-order chi connectivity index (χ1) is 11.0. The Morgan fingerprint density at radius 2 is 2.04 bits per heavy atom. The molecule has 23 heavy (non-hydrogen) atoms. The predicted molar refractivity (Wildman–Crippen MR) is 92.9 cm³/mol. The molecule has 1 atom stereocenters. The van der Waals surface area contributed by atoms with E-state index >= 15 is 0 Å². The van der Waals surface area contributed by atoms with Crippen LogP contribution >= 0.6 is 0 Å². The zero-order valence-electron chi connectivity index (χ0n) is 15.1. The van der Waals surface area contributed by atoms with E-state index in [9.17, 15) is 4.79 Å². The van der Waals surface area contributed by atoms with Crippen LogP contribution in [0.5, 0.6) is 5.88 Å². The van der Waals surface area contributed by atoms with Crippen LogP contribution in [-0.4, -0.2) is 29.7 Å². The van der Waals surface area contributed by atoms with Crippen LogP contribution in [0.15, 0.2) is 12.3 Å². The van der Waals surface area contributed by atoms with Crippen molar-refractivity contribution >= 4 is 11.6 Å². The molecule has 0 bridgehead atoms. The average molecular weight is 322 g/mol. The third-order valence-electron chi connectivity index (χ3n) is 3.68. The van der Waals surface area contributed by atoms with Crippen molar-refractivity contribution in [1.82, 2.24) is 4.98 Å². The number of pyridine rings is 1. The molecule has 1 aromatic rings. The Labute approximate surface area is 139 Å². The van der Waals surface area contributed by atoms with Gasteiger partial charge in [-0.3, -0.25) is 4.79 Å². The summed E-state index contributed by atoms with van der Waals surface area (Å²) in [6, 6.07) is 1.87. The van der Waals surface area contributed by atoms with Crippen LogP contribution in [-0.2, 0) is 9.53 Å². The number of rotatable bonds is 10. The minimum absolute atomic E-state index is 0.121. The number of carbonyl (C=O) groups is 1. The smallest absolute Gasteiger partial charge is 0.256 e. The molecule has 5 heteroatoms. The number of carbonyl (C=O) groups excluding carboxylic acids is 1. The van der Waals surface area contributed by atoms with E-state index in [-0.39, 0.29) is 5.91 Å². The lowest BCUT2D eigenvalue weighted by Gasteiger charge is -2.28. The van der Waals surface area contributed by atoms with Gasteiger partial charge in [0.2, 0.25) is 5.88 Å². The molecule has 0 aromatic carbocycles. The number of unbranched alkanes of at least 4 members (excludes halogenated alkanes) is 1. The van der Waals surface area contributed by atoms with Gasteiger partial charge in [-0.25, -0.2) is 4.98 Å². The Morgan fingerprint density at radius 3 is 2.61 bits per heavy atom. The fourth-order valence-electron chi connectivity index (χ4n) is 2.27. The standard InChI is InChI=1S/C18H30N2O3/c1-6-9-10-18(5,23-11-7-2)17(21)20-15-12-14(4)16(19-13-15)22-8-3/h12-13H,6-11H2,1-5H3,(H,20,21). The summed E-state index contributed by atoms with van der Waals surface area (Å²) in [6.45, 7) is 11.0. The maximum absolute atomic E-state index is 12.7. The third kappa shape index (κ3) is 5.82. The fraction of sp³-hybridized carbons (Fsp3) is 0.667. The summed E-state index contributed by atoms with van der Waals surface area (Å²) >= 11 is 0. The Balaban J connectivity index is 2.82. The van der Waals surface area contributed by atoms with Gasteiger partial charge in [-0.1, -0.05) is 26.7 Å². The maximum atomic E-state index is 12.7. The lowest BCUT2D eigenvalue weighted by Crippen LogP contribution is -2.43. The van der Waals surface area contributed by atoms with Crippen LogP contribution in [0.4, 0.5) is 5.69 Å². The predicted octanol–water partition coefficient (Wildman–Crippen LogP) is 4.10. The van der Waals surface area contributed by atoms with E-state index in [1.54, 1.807) is 6.20 Å². The van der Waals surface area contributed by atoms with E-state index in [4.69, 9.17) is 9.47 Å². The van der Waals surface area contributed by atoms with Crippen molar-refractivity contribution in [1.29, 1.82) is 0 Å². The molecule has 0 saturated carbocycles. The van der Waals surface area contributed by atoms with Crippen molar-refractivity contribution in [2.45, 2.75) is 65.9 Å². The molecule has 1 heterocycles. The summed E-state index contributed by atoms with van der Waals surface area (Å²) in [4.78, 5) is 16.9. The number of nitrogens with zero attached hydrogens (tertiary/aromatic N) is 1. The van der Waals surface area contributed by atoms with Crippen molar-refractivity contribution in [3.05, 3.63) is 17.8 Å². The van der Waals surface area contributed by atoms with Crippen LogP contribution in [0.2, 0.25) is 0 Å². The highest BCUT2D eigenvalue weighted by Crippen LogP contribution is 2.24. The van der Waals surface area contributed by atoms with Crippen molar-refractivity contribution < 1.29 is 14.3 Å². The Bertz CT molecular complexity index is 495. The lowest BCUT2D eigenvalue weighted by molar-refractivity contribution is -0.140. The molecular formula is C18H30N2O3. The first kappa shape index (κ1) is 19.4. The van der Waals surface area contributed by atoms with Crippen LogP contribution in [0.1, 0.15) is 58.9 Å². The number of hydrogen-bond donors (Lipinski definition) is 1. The highest BCUT2D eigenvalue weighted by Gasteiger charge is 2.33. The fourth-order valence-corrected chi connectivity index (χ4v) is 2.27. The normalized spacial score (nSPS) is 13.4. The molecule has 1 unspecified atom stereocenters. The molecule has 5 nitrogen and oxygen atoms in total. The summed E-state index contributed by atoms with van der Waals surface area (Å²) in [7, 11) is 0. The number of aromatic nitrogens is 1. The molecular weight excluding hydrogens is 292 g/mol. The molecule has 0 aliphatic carbocycles. The van der Waals surface area contributed by atoms with Gasteiger partial charge in [-0.15, -0.1) is 0 Å². The van der Waals surface area contributed by atoms with E-state index < -0.39 is 5.60 Å². The Morgan fingerprint density at radius 1 is 1.30 bits per heavy atom. The highest BCUT2D eigenvalue weighted by atomic mass is 16.5. The SMILES string of the molecule is CCCCC(C)(OCCC)C(=O)Nc1cnc(OCC)c(C)c1. The molecule has 1 N–H and O–H groups in total. The minimum Gasteiger partial charge on any atom is -0.478 e. The van der Waals surface area contributed by atoms with Crippen LogP contribution < -0.4 is 10.1 Å². The van der Waals surface area contributed by atoms with Crippen molar-refractivity contribution in [3.8, 4) is 5.88 Å². The first-order valence-corrected chi connectivity index (χ1v) is 8.51. The van der Waals surface area contributed by atoms with Gasteiger partial charge >= 0.3 is 0 Å². The number of anilines is 1. The quantitative estimate of drug-likeness (QED) is 0.704. The molecule has 0 radical (unpaired) electrons. The molecule has 0 fully saturated rings. The van der Waals surface area contributed by atoms with E-state index in [2.05, 4.69) is 17.2 Å². The topological polar surface area (TPSA) is 60.5 Å². The van der Waals surface area contributed by atoms with Crippen molar-refractivity contribution in [3.63, 3.8) is 0 Å². The second kappa shape index (κ2) is 9.50. The molecule has 0 aliphatic rings. The molecule has 130 valence electrons. The van der Waals surface area contributed by atoms with Crippen molar-refractivity contribution in [2.24, 2.45) is 0 Å². The average Bonchev–Trinajstić information content (AvgIpc) is 2.53. The second-order valence-electron chi connectivity index (χ2n) is 5.92. The Hall–Kier alpha value is -1.62. The van der Waals surface area contributed by atoms with E-state index in [1.807, 2.05) is 33.8 Å². The number of hydrogen-bond acceptors (Lipinski definition) is 4. The maximum Gasteiger partial charge on any atom is 0.256 e. The molecule has 0 aliphatic heterocycles. The minimum atomic E-state index is -0.807. The van der Waals surface area contributed by atoms with Crippen LogP contribution in [0.25, 0.3) is 0 Å². The third-order valence-corrected chi connectivity index (χ3v) is 3.68. The number of aryl methyl sites for hydroxylation is 1. The zero-order valence-corrected chi connectivity index (χ0v) is 15.1. The van der Waals surface area contributed by atoms with Gasteiger partial charge in [-0.2, -0.15) is 0 Å². The van der Waals surface area contributed by atoms with E-state index in [0.717, 1.165) is 24.8 Å². The largest absolute Gasteiger partial charge is 0.478 e. The van der Waals surface area contributed by atoms with Gasteiger partial charge in [-0.05, 0) is 39.7 Å². The first-order valence-electron chi connectivity index (χ1n) is 8.51. The Kier molecular flexibility index (Phi) is 8.03. The number of amides is 1. The molecule has 1 amide bonds. The van der Waals surface area contributed by atoms with Gasteiger partial charge in [0.05, 0.1) is 18.5 Å². The van der Waals surface area contributed by atoms with Crippen molar-refractivity contribution in [2.75, 3.05) is 18.5 Å². The number of nitrogens with one attached hydrogen (secondary N) is 1. The zero-order chi connectivity index (χ0) is 17.3. The van der Waals surface area contributed by atoms with Gasteiger partial charge < -0.3 is 14.8 Å². The van der Waals surface area contributed by atoms with Gasteiger partial charge in [0.25, 0.3) is 5.91 Å². The summed E-state index contributed by atoms with van der Waals surface area (Å²) in [5.41, 5.74) is 0.756.